The van der Waals surface area contributed by atoms with Crippen LogP contribution in [-0.2, 0) is 30.4 Å². The maximum absolute atomic E-state index is 13.2. The molecule has 0 fully saturated rings. The summed E-state index contributed by atoms with van der Waals surface area (Å²) in [7, 11) is 0. The molecule has 0 saturated heterocycles. The molecule has 0 radical (unpaired) electrons. The first-order chi connectivity index (χ1) is 18.3. The lowest BCUT2D eigenvalue weighted by atomic mass is 10.0. The van der Waals surface area contributed by atoms with Crippen LogP contribution in [0, 0.1) is 0 Å². The van der Waals surface area contributed by atoms with Crippen molar-refractivity contribution in [3.63, 3.8) is 0 Å². The fourth-order valence-corrected chi connectivity index (χ4v) is 3.44. The third-order valence-electron chi connectivity index (χ3n) is 5.55. The molecule has 3 amide bonds. The van der Waals surface area contributed by atoms with Crippen LogP contribution in [0.1, 0.15) is 38.2 Å². The van der Waals surface area contributed by atoms with Crippen LogP contribution in [0.15, 0.2) is 35.3 Å². The predicted molar refractivity (Wildman–Crippen MR) is 140 cm³/mol. The maximum Gasteiger partial charge on any atom is 0.328 e. The van der Waals surface area contributed by atoms with Crippen molar-refractivity contribution >= 4 is 35.6 Å². The summed E-state index contributed by atoms with van der Waals surface area (Å²) in [6.07, 6.45) is -1.74. The Morgan fingerprint density at radius 3 is 2.03 bits per heavy atom. The molecule has 39 heavy (non-hydrogen) atoms. The van der Waals surface area contributed by atoms with Crippen molar-refractivity contribution in [3.05, 3.63) is 35.9 Å². The van der Waals surface area contributed by atoms with E-state index in [1.165, 1.54) is 6.92 Å². The number of aliphatic carboxylic acids is 2. The number of carboxylic acids is 2. The SMILES string of the molecule is CC(O)C(NC(=O)C(Cc1ccccc1)NC(=O)C(CCC(=O)O)NC(=O)C(N)CCCN=C(N)N)C(=O)O. The molecule has 0 aliphatic carbocycles. The zero-order valence-corrected chi connectivity index (χ0v) is 21.6. The van der Waals surface area contributed by atoms with Crippen LogP contribution in [0.2, 0.25) is 0 Å². The highest BCUT2D eigenvalue weighted by atomic mass is 16.4. The van der Waals surface area contributed by atoms with Crippen molar-refractivity contribution in [2.24, 2.45) is 22.2 Å². The van der Waals surface area contributed by atoms with Crippen molar-refractivity contribution in [2.75, 3.05) is 6.54 Å². The molecule has 0 bridgehead atoms. The minimum atomic E-state index is -1.65. The molecule has 1 aromatic carbocycles. The van der Waals surface area contributed by atoms with E-state index >= 15 is 0 Å². The minimum Gasteiger partial charge on any atom is -0.481 e. The van der Waals surface area contributed by atoms with Crippen LogP contribution in [0.4, 0.5) is 0 Å². The Bertz CT molecular complexity index is 1010. The van der Waals surface area contributed by atoms with Crippen molar-refractivity contribution < 1.29 is 39.3 Å². The third-order valence-corrected chi connectivity index (χ3v) is 5.55. The molecule has 5 unspecified atom stereocenters. The quantitative estimate of drug-likeness (QED) is 0.0549. The van der Waals surface area contributed by atoms with Crippen molar-refractivity contribution in [2.45, 2.75) is 69.3 Å². The second-order valence-electron chi connectivity index (χ2n) is 8.86. The number of nitrogens with one attached hydrogen (secondary N) is 3. The fourth-order valence-electron chi connectivity index (χ4n) is 3.44. The molecular formula is C24H37N7O8. The Morgan fingerprint density at radius 1 is 0.897 bits per heavy atom. The zero-order chi connectivity index (χ0) is 29.5. The molecule has 216 valence electrons. The van der Waals surface area contributed by atoms with Gasteiger partial charge in [-0.3, -0.25) is 24.2 Å². The van der Waals surface area contributed by atoms with Gasteiger partial charge < -0.3 is 48.5 Å². The summed E-state index contributed by atoms with van der Waals surface area (Å²) >= 11 is 0. The number of nitrogens with zero attached hydrogens (tertiary/aromatic N) is 1. The number of hydrogen-bond donors (Lipinski definition) is 9. The fraction of sp³-hybridized carbons (Fsp3) is 0.500. The number of aliphatic hydroxyl groups excluding tert-OH is 1. The van der Waals surface area contributed by atoms with Gasteiger partial charge in [-0.25, -0.2) is 4.79 Å². The van der Waals surface area contributed by atoms with Gasteiger partial charge in [0, 0.05) is 19.4 Å². The highest BCUT2D eigenvalue weighted by Crippen LogP contribution is 2.07. The number of hydrogen-bond acceptors (Lipinski definition) is 8. The monoisotopic (exact) mass is 551 g/mol. The summed E-state index contributed by atoms with van der Waals surface area (Å²) in [4.78, 5) is 65.1. The van der Waals surface area contributed by atoms with Gasteiger partial charge >= 0.3 is 11.9 Å². The van der Waals surface area contributed by atoms with Crippen molar-refractivity contribution in [3.8, 4) is 0 Å². The molecule has 0 saturated carbocycles. The number of guanidine groups is 1. The maximum atomic E-state index is 13.2. The number of carboxylic acid groups (broad SMARTS) is 2. The normalized spacial score (nSPS) is 14.5. The van der Waals surface area contributed by atoms with E-state index in [2.05, 4.69) is 20.9 Å². The topological polar surface area (TPSA) is 273 Å². The number of aliphatic hydroxyl groups is 1. The summed E-state index contributed by atoms with van der Waals surface area (Å²) in [6, 6.07) is 3.12. The van der Waals surface area contributed by atoms with Crippen LogP contribution in [0.5, 0.6) is 0 Å². The van der Waals surface area contributed by atoms with Crippen molar-refractivity contribution in [1.82, 2.24) is 16.0 Å². The minimum absolute atomic E-state index is 0.0610. The number of carbonyl (C=O) groups excluding carboxylic acids is 3. The standard InChI is InChI=1S/C24H37N7O8/c1-13(32)19(23(38)39)31-22(37)17(12-14-6-3-2-4-7-14)30-21(36)16(9-10-18(33)34)29-20(35)15(25)8-5-11-28-24(26)27/h2-4,6-7,13,15-17,19,32H,5,8-12,25H2,1H3,(H,29,35)(H,30,36)(H,31,37)(H,33,34)(H,38,39)(H4,26,27,28). The summed E-state index contributed by atoms with van der Waals surface area (Å²) in [6.45, 7) is 1.41. The predicted octanol–water partition coefficient (Wildman–Crippen LogP) is -2.61. The highest BCUT2D eigenvalue weighted by Gasteiger charge is 2.32. The average Bonchev–Trinajstić information content (AvgIpc) is 2.86. The lowest BCUT2D eigenvalue weighted by molar-refractivity contribution is -0.145. The number of rotatable bonds is 17. The molecule has 1 rings (SSSR count). The molecule has 0 aliphatic heterocycles. The summed E-state index contributed by atoms with van der Waals surface area (Å²) in [5, 5.41) is 35.2. The number of amides is 3. The van der Waals surface area contributed by atoms with E-state index in [0.29, 0.717) is 12.0 Å². The molecule has 15 heteroatoms. The third kappa shape index (κ3) is 12.7. The van der Waals surface area contributed by atoms with Crippen LogP contribution in [-0.4, -0.2) is 87.8 Å². The van der Waals surface area contributed by atoms with Gasteiger partial charge in [0.15, 0.2) is 12.0 Å². The van der Waals surface area contributed by atoms with E-state index in [1.807, 2.05) is 0 Å². The molecule has 12 N–H and O–H groups in total. The Morgan fingerprint density at radius 2 is 1.49 bits per heavy atom. The van der Waals surface area contributed by atoms with Gasteiger partial charge in [-0.05, 0) is 31.7 Å². The molecule has 0 heterocycles. The number of aliphatic imine (C=N–C) groups is 1. The van der Waals surface area contributed by atoms with Gasteiger partial charge in [0.25, 0.3) is 0 Å². The van der Waals surface area contributed by atoms with E-state index in [1.54, 1.807) is 30.3 Å². The second kappa shape index (κ2) is 16.6. The number of nitrogens with two attached hydrogens (primary N) is 3. The largest absolute Gasteiger partial charge is 0.481 e. The molecule has 0 aliphatic rings. The Balaban J connectivity index is 3.07. The molecular weight excluding hydrogens is 514 g/mol. The van der Waals surface area contributed by atoms with E-state index < -0.39 is 66.4 Å². The second-order valence-corrected chi connectivity index (χ2v) is 8.86. The summed E-state index contributed by atoms with van der Waals surface area (Å²) in [5.74, 6) is -5.32. The van der Waals surface area contributed by atoms with Crippen LogP contribution < -0.4 is 33.2 Å². The molecule has 15 nitrogen and oxygen atoms in total. The van der Waals surface area contributed by atoms with Gasteiger partial charge in [0.05, 0.1) is 12.1 Å². The summed E-state index contributed by atoms with van der Waals surface area (Å²) < 4.78 is 0. The van der Waals surface area contributed by atoms with Crippen LogP contribution >= 0.6 is 0 Å². The lowest BCUT2D eigenvalue weighted by Crippen LogP contribution is -2.58. The van der Waals surface area contributed by atoms with E-state index in [9.17, 15) is 34.2 Å². The first-order valence-electron chi connectivity index (χ1n) is 12.2. The molecule has 5 atom stereocenters. The first-order valence-corrected chi connectivity index (χ1v) is 12.2. The highest BCUT2D eigenvalue weighted by molar-refractivity contribution is 5.94. The van der Waals surface area contributed by atoms with Crippen LogP contribution in [0.25, 0.3) is 0 Å². The zero-order valence-electron chi connectivity index (χ0n) is 21.6. The molecule has 0 aromatic heterocycles. The molecule has 1 aromatic rings. The van der Waals surface area contributed by atoms with Gasteiger partial charge in [0.1, 0.15) is 12.1 Å². The van der Waals surface area contributed by atoms with E-state index in [4.69, 9.17) is 22.3 Å². The van der Waals surface area contributed by atoms with Crippen molar-refractivity contribution in [1.29, 1.82) is 0 Å². The van der Waals surface area contributed by atoms with Gasteiger partial charge in [-0.1, -0.05) is 30.3 Å². The smallest absolute Gasteiger partial charge is 0.328 e. The summed E-state index contributed by atoms with van der Waals surface area (Å²) in [5.41, 5.74) is 17.0. The average molecular weight is 552 g/mol. The van der Waals surface area contributed by atoms with Gasteiger partial charge in [-0.2, -0.15) is 0 Å². The number of benzene rings is 1. The Hall–Kier alpha value is -4.24. The first kappa shape index (κ1) is 32.8. The van der Waals surface area contributed by atoms with E-state index in [-0.39, 0.29) is 31.8 Å². The lowest BCUT2D eigenvalue weighted by Gasteiger charge is -2.26. The van der Waals surface area contributed by atoms with E-state index in [0.717, 1.165) is 0 Å². The van der Waals surface area contributed by atoms with Crippen LogP contribution in [0.3, 0.4) is 0 Å². The Kier molecular flexibility index (Phi) is 13.9. The number of carbonyl (C=O) groups is 5. The van der Waals surface area contributed by atoms with Gasteiger partial charge in [-0.15, -0.1) is 0 Å². The Labute approximate surface area is 225 Å². The molecule has 0 spiro atoms. The van der Waals surface area contributed by atoms with Gasteiger partial charge in [0.2, 0.25) is 17.7 Å².